The molecule has 2 aliphatic rings. The number of fused-ring (bicyclic) bond motifs is 1. The maximum absolute atomic E-state index is 12.7. The number of rotatable bonds is 4. The number of hydrogen-bond donors (Lipinski definition) is 0. The van der Waals surface area contributed by atoms with Gasteiger partial charge in [-0.2, -0.15) is 0 Å². The van der Waals surface area contributed by atoms with E-state index in [1.165, 1.54) is 0 Å². The summed E-state index contributed by atoms with van der Waals surface area (Å²) < 4.78 is 5.68. The van der Waals surface area contributed by atoms with Crippen molar-refractivity contribution in [2.24, 2.45) is 5.41 Å². The summed E-state index contributed by atoms with van der Waals surface area (Å²) in [6.45, 7) is 12.1. The molecule has 17 heavy (non-hydrogen) atoms. The Morgan fingerprint density at radius 1 is 1.41 bits per heavy atom. The Labute approximate surface area is 103 Å². The van der Waals surface area contributed by atoms with Crippen LogP contribution in [-0.4, -0.2) is 29.2 Å². The minimum absolute atomic E-state index is 0.199. The maximum atomic E-state index is 12.7. The number of nitrogens with zero attached hydrogens (tertiary/aromatic N) is 1. The first-order valence-corrected chi connectivity index (χ1v) is 6.16. The van der Waals surface area contributed by atoms with Gasteiger partial charge in [0, 0.05) is 0 Å². The second-order valence-corrected chi connectivity index (χ2v) is 5.56. The first-order chi connectivity index (χ1) is 7.97. The molecule has 0 aromatic carbocycles. The molecule has 0 unspecified atom stereocenters. The largest absolute Gasteiger partial charge is 0.354 e. The van der Waals surface area contributed by atoms with Crippen LogP contribution in [0, 0.1) is 5.41 Å². The van der Waals surface area contributed by atoms with E-state index in [2.05, 4.69) is 13.2 Å². The summed E-state index contributed by atoms with van der Waals surface area (Å²) in [7, 11) is 0. The Balaban J connectivity index is 2.31. The molecule has 0 aromatic rings. The van der Waals surface area contributed by atoms with Gasteiger partial charge in [-0.1, -0.05) is 12.2 Å². The third-order valence-corrected chi connectivity index (χ3v) is 3.94. The lowest BCUT2D eigenvalue weighted by Gasteiger charge is -2.32. The highest BCUT2D eigenvalue weighted by molar-refractivity contribution is 5.86. The SMILES string of the molecule is C=CCC1(CC=C)C[C@@H]2COC(C)(C)N2C1=O. The monoisotopic (exact) mass is 235 g/mol. The van der Waals surface area contributed by atoms with Gasteiger partial charge in [-0.05, 0) is 33.1 Å². The van der Waals surface area contributed by atoms with Crippen molar-refractivity contribution >= 4 is 5.91 Å². The van der Waals surface area contributed by atoms with Crippen LogP contribution in [0.2, 0.25) is 0 Å². The minimum Gasteiger partial charge on any atom is -0.354 e. The van der Waals surface area contributed by atoms with Crippen LogP contribution < -0.4 is 0 Å². The van der Waals surface area contributed by atoms with Crippen LogP contribution in [0.25, 0.3) is 0 Å². The first-order valence-electron chi connectivity index (χ1n) is 6.16. The first kappa shape index (κ1) is 12.4. The highest BCUT2D eigenvalue weighted by atomic mass is 16.5. The standard InChI is InChI=1S/C14H21NO2/c1-5-7-14(8-6-2)9-11-10-17-13(3,4)15(11)12(14)16/h5-6,11H,1-2,7-10H2,3-4H3/t11-/m1/s1. The van der Waals surface area contributed by atoms with Crippen molar-refractivity contribution < 1.29 is 9.53 Å². The summed E-state index contributed by atoms with van der Waals surface area (Å²) in [5.41, 5.74) is -0.791. The Bertz CT molecular complexity index is 349. The predicted octanol–water partition coefficient (Wildman–Crippen LogP) is 2.49. The topological polar surface area (TPSA) is 29.5 Å². The average molecular weight is 235 g/mol. The van der Waals surface area contributed by atoms with E-state index in [1.54, 1.807) is 0 Å². The summed E-state index contributed by atoms with van der Waals surface area (Å²) in [5.74, 6) is 0.199. The Morgan fingerprint density at radius 3 is 2.47 bits per heavy atom. The molecule has 2 fully saturated rings. The molecule has 1 atom stereocenters. The molecule has 0 aromatic heterocycles. The van der Waals surface area contributed by atoms with Crippen molar-refractivity contribution in [3.8, 4) is 0 Å². The molecular weight excluding hydrogens is 214 g/mol. The van der Waals surface area contributed by atoms with Gasteiger partial charge in [-0.15, -0.1) is 13.2 Å². The van der Waals surface area contributed by atoms with Crippen molar-refractivity contribution in [1.29, 1.82) is 0 Å². The van der Waals surface area contributed by atoms with Crippen LogP contribution in [0.1, 0.15) is 33.1 Å². The van der Waals surface area contributed by atoms with E-state index in [1.807, 2.05) is 30.9 Å². The number of ether oxygens (including phenoxy) is 1. The summed E-state index contributed by atoms with van der Waals surface area (Å²) in [4.78, 5) is 14.6. The summed E-state index contributed by atoms with van der Waals surface area (Å²) >= 11 is 0. The average Bonchev–Trinajstić information content (AvgIpc) is 2.67. The molecule has 0 radical (unpaired) electrons. The molecule has 2 saturated heterocycles. The van der Waals surface area contributed by atoms with Crippen LogP contribution in [0.5, 0.6) is 0 Å². The molecule has 0 spiro atoms. The lowest BCUT2D eigenvalue weighted by molar-refractivity contribution is -0.149. The summed E-state index contributed by atoms with van der Waals surface area (Å²) in [5, 5.41) is 0. The molecule has 94 valence electrons. The molecular formula is C14H21NO2. The molecule has 2 rings (SSSR count). The van der Waals surface area contributed by atoms with Gasteiger partial charge in [0.15, 0.2) is 0 Å². The van der Waals surface area contributed by atoms with Gasteiger partial charge >= 0.3 is 0 Å². The van der Waals surface area contributed by atoms with Crippen LogP contribution in [0.3, 0.4) is 0 Å². The number of carbonyl (C=O) groups is 1. The van der Waals surface area contributed by atoms with E-state index in [-0.39, 0.29) is 17.4 Å². The Morgan fingerprint density at radius 2 is 2.00 bits per heavy atom. The molecule has 1 amide bonds. The quantitative estimate of drug-likeness (QED) is 0.701. The third-order valence-electron chi connectivity index (χ3n) is 3.94. The molecule has 0 bridgehead atoms. The second-order valence-electron chi connectivity index (χ2n) is 5.56. The number of amides is 1. The van der Waals surface area contributed by atoms with Gasteiger partial charge in [-0.25, -0.2) is 0 Å². The van der Waals surface area contributed by atoms with Crippen LogP contribution in [0.15, 0.2) is 25.3 Å². The minimum atomic E-state index is -0.466. The van der Waals surface area contributed by atoms with Crippen molar-refractivity contribution in [2.45, 2.75) is 44.9 Å². The zero-order chi connectivity index (χ0) is 12.7. The lowest BCUT2D eigenvalue weighted by atomic mass is 9.78. The maximum Gasteiger partial charge on any atom is 0.232 e. The molecule has 0 N–H and O–H groups in total. The molecule has 3 nitrogen and oxygen atoms in total. The van der Waals surface area contributed by atoms with Gasteiger partial charge in [0.25, 0.3) is 0 Å². The number of hydrogen-bond acceptors (Lipinski definition) is 2. The van der Waals surface area contributed by atoms with Gasteiger partial charge in [0.2, 0.25) is 5.91 Å². The van der Waals surface area contributed by atoms with Crippen LogP contribution >= 0.6 is 0 Å². The van der Waals surface area contributed by atoms with Gasteiger partial charge in [0.05, 0.1) is 18.1 Å². The molecule has 2 heterocycles. The molecule has 0 aliphatic carbocycles. The van der Waals surface area contributed by atoms with E-state index in [0.29, 0.717) is 6.61 Å². The molecule has 3 heteroatoms. The highest BCUT2D eigenvalue weighted by Gasteiger charge is 2.57. The van der Waals surface area contributed by atoms with E-state index in [4.69, 9.17) is 4.74 Å². The zero-order valence-electron chi connectivity index (χ0n) is 10.7. The predicted molar refractivity (Wildman–Crippen MR) is 67.3 cm³/mol. The van der Waals surface area contributed by atoms with E-state index < -0.39 is 5.72 Å². The van der Waals surface area contributed by atoms with Crippen LogP contribution in [0.4, 0.5) is 0 Å². The summed E-state index contributed by atoms with van der Waals surface area (Å²) in [6.07, 6.45) is 5.99. The third kappa shape index (κ3) is 1.73. The Kier molecular flexibility index (Phi) is 2.90. The summed E-state index contributed by atoms with van der Waals surface area (Å²) in [6, 6.07) is 0.220. The molecule has 0 saturated carbocycles. The Hall–Kier alpha value is -1.09. The van der Waals surface area contributed by atoms with E-state index in [9.17, 15) is 4.79 Å². The van der Waals surface area contributed by atoms with Gasteiger partial charge in [0.1, 0.15) is 5.72 Å². The van der Waals surface area contributed by atoms with Gasteiger partial charge < -0.3 is 9.64 Å². The second kappa shape index (κ2) is 3.98. The number of carbonyl (C=O) groups excluding carboxylic acids is 1. The van der Waals surface area contributed by atoms with Crippen molar-refractivity contribution in [3.05, 3.63) is 25.3 Å². The van der Waals surface area contributed by atoms with Crippen molar-refractivity contribution in [2.75, 3.05) is 6.61 Å². The van der Waals surface area contributed by atoms with E-state index in [0.717, 1.165) is 19.3 Å². The van der Waals surface area contributed by atoms with Crippen molar-refractivity contribution in [3.63, 3.8) is 0 Å². The fraction of sp³-hybridized carbons (Fsp3) is 0.643. The van der Waals surface area contributed by atoms with Gasteiger partial charge in [-0.3, -0.25) is 4.79 Å². The lowest BCUT2D eigenvalue weighted by Crippen LogP contribution is -2.46. The van der Waals surface area contributed by atoms with Crippen LogP contribution in [-0.2, 0) is 9.53 Å². The smallest absolute Gasteiger partial charge is 0.232 e. The van der Waals surface area contributed by atoms with Crippen molar-refractivity contribution in [1.82, 2.24) is 4.90 Å². The fourth-order valence-electron chi connectivity index (χ4n) is 3.22. The molecule has 2 aliphatic heterocycles. The number of allylic oxidation sites excluding steroid dienone is 2. The highest BCUT2D eigenvalue weighted by Crippen LogP contribution is 2.48. The normalized spacial score (nSPS) is 29.2. The van der Waals surface area contributed by atoms with E-state index >= 15 is 0 Å². The zero-order valence-corrected chi connectivity index (χ0v) is 10.7. The fourth-order valence-corrected chi connectivity index (χ4v) is 3.22.